The van der Waals surface area contributed by atoms with Crippen molar-refractivity contribution in [1.29, 1.82) is 0 Å². The van der Waals surface area contributed by atoms with E-state index < -0.39 is 49.5 Å². The van der Waals surface area contributed by atoms with Crippen molar-refractivity contribution in [3.05, 3.63) is 109 Å². The summed E-state index contributed by atoms with van der Waals surface area (Å²) < 4.78 is 11.3. The first-order valence-corrected chi connectivity index (χ1v) is 38.6. The molecule has 1 heterocycles. The van der Waals surface area contributed by atoms with Crippen molar-refractivity contribution in [3.63, 3.8) is 0 Å². The molecule has 9 heteroatoms. The summed E-state index contributed by atoms with van der Waals surface area (Å²) in [5, 5.41) is 54.8. The van der Waals surface area contributed by atoms with Crippen LogP contribution in [0, 0.1) is 0 Å². The molecular formula is C82H145NO8. The first-order chi connectivity index (χ1) is 44.8. The number of ether oxygens (including phenoxy) is 2. The van der Waals surface area contributed by atoms with Crippen LogP contribution in [0.5, 0.6) is 0 Å². The zero-order chi connectivity index (χ0) is 65.7. The molecule has 1 rings (SSSR count). The number of aliphatic hydroxyl groups excluding tert-OH is 5. The summed E-state index contributed by atoms with van der Waals surface area (Å²) in [6.45, 7) is 3.68. The lowest BCUT2D eigenvalue weighted by Crippen LogP contribution is -2.60. The van der Waals surface area contributed by atoms with Crippen LogP contribution in [0.25, 0.3) is 0 Å². The summed E-state index contributed by atoms with van der Waals surface area (Å²) in [6.07, 6.45) is 96.5. The number of hydrogen-bond donors (Lipinski definition) is 6. The molecule has 0 aromatic rings. The molecule has 0 aromatic carbocycles. The Morgan fingerprint density at radius 2 is 0.692 bits per heavy atom. The van der Waals surface area contributed by atoms with Gasteiger partial charge in [0, 0.05) is 6.42 Å². The van der Waals surface area contributed by atoms with Crippen molar-refractivity contribution in [1.82, 2.24) is 5.32 Å². The molecule has 1 aliphatic rings. The van der Waals surface area contributed by atoms with Crippen LogP contribution < -0.4 is 5.32 Å². The number of rotatable bonds is 67. The van der Waals surface area contributed by atoms with Crippen LogP contribution in [-0.2, 0) is 14.3 Å². The number of nitrogens with one attached hydrogen (secondary N) is 1. The lowest BCUT2D eigenvalue weighted by atomic mass is 9.99. The molecule has 91 heavy (non-hydrogen) atoms. The second-order valence-corrected chi connectivity index (χ2v) is 26.4. The quantitative estimate of drug-likeness (QED) is 0.0261. The highest BCUT2D eigenvalue weighted by Crippen LogP contribution is 2.23. The first kappa shape index (κ1) is 85.9. The van der Waals surface area contributed by atoms with E-state index in [1.54, 1.807) is 6.08 Å². The van der Waals surface area contributed by atoms with Gasteiger partial charge in [0.15, 0.2) is 6.29 Å². The second kappa shape index (κ2) is 69.7. The lowest BCUT2D eigenvalue weighted by Gasteiger charge is -2.40. The number of carbonyl (C=O) groups is 1. The van der Waals surface area contributed by atoms with Crippen molar-refractivity contribution in [3.8, 4) is 0 Å². The van der Waals surface area contributed by atoms with E-state index in [9.17, 15) is 30.3 Å². The highest BCUT2D eigenvalue weighted by atomic mass is 16.7. The third-order valence-electron chi connectivity index (χ3n) is 17.8. The summed E-state index contributed by atoms with van der Waals surface area (Å²) in [5.41, 5.74) is 0. The van der Waals surface area contributed by atoms with E-state index in [4.69, 9.17) is 9.47 Å². The zero-order valence-corrected chi connectivity index (χ0v) is 59.1. The van der Waals surface area contributed by atoms with Gasteiger partial charge in [-0.1, -0.05) is 354 Å². The number of carbonyl (C=O) groups excluding carboxylic acids is 1. The van der Waals surface area contributed by atoms with Gasteiger partial charge in [-0.3, -0.25) is 4.79 Å². The molecule has 0 spiro atoms. The van der Waals surface area contributed by atoms with Gasteiger partial charge in [0.1, 0.15) is 24.4 Å². The highest BCUT2D eigenvalue weighted by Gasteiger charge is 2.44. The molecule has 1 fully saturated rings. The molecule has 1 aliphatic heterocycles. The molecule has 7 unspecified atom stereocenters. The Bertz CT molecular complexity index is 1810. The van der Waals surface area contributed by atoms with Crippen molar-refractivity contribution in [2.45, 2.75) is 391 Å². The molecule has 1 saturated heterocycles. The Kier molecular flexibility index (Phi) is 65.7. The lowest BCUT2D eigenvalue weighted by molar-refractivity contribution is -0.302. The maximum atomic E-state index is 13.2. The monoisotopic (exact) mass is 1270 g/mol. The van der Waals surface area contributed by atoms with E-state index in [2.05, 4.69) is 116 Å². The average Bonchev–Trinajstić information content (AvgIpc) is 1.58. The van der Waals surface area contributed by atoms with Gasteiger partial charge in [-0.15, -0.1) is 0 Å². The van der Waals surface area contributed by atoms with Crippen molar-refractivity contribution < 1.29 is 39.8 Å². The van der Waals surface area contributed by atoms with Crippen molar-refractivity contribution in [2.75, 3.05) is 13.2 Å². The molecule has 0 aliphatic carbocycles. The molecule has 9 nitrogen and oxygen atoms in total. The van der Waals surface area contributed by atoms with Crippen LogP contribution in [-0.4, -0.2) is 87.5 Å². The second-order valence-electron chi connectivity index (χ2n) is 26.4. The molecular weight excluding hydrogens is 1130 g/mol. The first-order valence-electron chi connectivity index (χ1n) is 38.6. The third-order valence-corrected chi connectivity index (χ3v) is 17.8. The van der Waals surface area contributed by atoms with Gasteiger partial charge in [-0.2, -0.15) is 0 Å². The fourth-order valence-electron chi connectivity index (χ4n) is 11.8. The van der Waals surface area contributed by atoms with Crippen LogP contribution >= 0.6 is 0 Å². The maximum Gasteiger partial charge on any atom is 0.220 e. The molecule has 0 bridgehead atoms. The summed E-state index contributed by atoms with van der Waals surface area (Å²) in [4.78, 5) is 13.2. The highest BCUT2D eigenvalue weighted by molar-refractivity contribution is 5.76. The standard InChI is InChI=1S/C82H145NO8/c1-3-5-7-9-11-13-15-17-19-21-23-25-27-29-31-33-35-37-38-40-42-44-46-48-50-52-54-56-58-60-62-64-66-68-70-72-78(86)83-75(74-90-82-81(89)80(88)79(87)77(73-84)91-82)76(85)71-69-67-65-63-61-59-57-55-53-51-49-47-45-43-41-39-36-34-32-30-28-26-24-22-20-18-16-14-12-10-8-6-4-2/h5,7,11,13,17,19,23,25,29,31,35,37,53,55,61,63,69,71,75-77,79-82,84-85,87-89H,3-4,6,8-10,12,14-16,18,20-22,24,26-28,30,32-34,36,38-52,54,56-60,62,64-68,70,72-74H2,1-2H3,(H,83,86)/b7-5-,13-11-,19-17-,25-23-,31-29-,37-35-,55-53+,63-61+,71-69+. The Morgan fingerprint density at radius 1 is 0.385 bits per heavy atom. The van der Waals surface area contributed by atoms with E-state index in [0.717, 1.165) is 83.5 Å². The van der Waals surface area contributed by atoms with Crippen molar-refractivity contribution in [2.24, 2.45) is 0 Å². The summed E-state index contributed by atoms with van der Waals surface area (Å²) >= 11 is 0. The molecule has 0 saturated carbocycles. The summed E-state index contributed by atoms with van der Waals surface area (Å²) in [6, 6.07) is -0.836. The van der Waals surface area contributed by atoms with Gasteiger partial charge >= 0.3 is 0 Å². The third kappa shape index (κ3) is 58.0. The molecule has 526 valence electrons. The molecule has 1 amide bonds. The van der Waals surface area contributed by atoms with Gasteiger partial charge in [-0.05, 0) is 96.3 Å². The Morgan fingerprint density at radius 3 is 1.05 bits per heavy atom. The number of amides is 1. The van der Waals surface area contributed by atoms with Crippen molar-refractivity contribution >= 4 is 5.91 Å². The normalized spacial score (nSPS) is 18.3. The van der Waals surface area contributed by atoms with Gasteiger partial charge in [0.2, 0.25) is 5.91 Å². The maximum absolute atomic E-state index is 13.2. The molecule has 0 radical (unpaired) electrons. The molecule has 0 aromatic heterocycles. The number of hydrogen-bond acceptors (Lipinski definition) is 8. The zero-order valence-electron chi connectivity index (χ0n) is 59.1. The summed E-state index contributed by atoms with van der Waals surface area (Å²) in [7, 11) is 0. The SMILES string of the molecule is CC/C=C\C/C=C\C/C=C\C/C=C\C/C=C\C/C=C\CCCCCCCCCCCCCCCCCCC(=O)NC(COC1OC(CO)C(O)C(O)C1O)C(O)/C=C/CC/C=C/CC/C=C/CCCCCCCCCCCCCCCCCCCCCCCCC. The predicted molar refractivity (Wildman–Crippen MR) is 391 cm³/mol. The van der Waals surface area contributed by atoms with Gasteiger partial charge < -0.3 is 40.3 Å². The minimum absolute atomic E-state index is 0.190. The fourth-order valence-corrected chi connectivity index (χ4v) is 11.8. The van der Waals surface area contributed by atoms with Gasteiger partial charge in [-0.25, -0.2) is 0 Å². The Labute approximate surface area is 561 Å². The van der Waals surface area contributed by atoms with E-state index in [-0.39, 0.29) is 12.5 Å². The van der Waals surface area contributed by atoms with Gasteiger partial charge in [0.05, 0.1) is 25.4 Å². The predicted octanol–water partition coefficient (Wildman–Crippen LogP) is 22.0. The van der Waals surface area contributed by atoms with E-state index in [0.29, 0.717) is 6.42 Å². The van der Waals surface area contributed by atoms with Gasteiger partial charge in [0.25, 0.3) is 0 Å². The Balaban J connectivity index is 2.13. The largest absolute Gasteiger partial charge is 0.394 e. The Hall–Kier alpha value is -3.15. The average molecular weight is 1270 g/mol. The number of aliphatic hydroxyl groups is 5. The van der Waals surface area contributed by atoms with Crippen LogP contribution in [0.3, 0.4) is 0 Å². The van der Waals surface area contributed by atoms with Crippen LogP contribution in [0.2, 0.25) is 0 Å². The van der Waals surface area contributed by atoms with E-state index in [1.165, 1.54) is 244 Å². The smallest absolute Gasteiger partial charge is 0.220 e. The minimum atomic E-state index is -1.58. The molecule has 6 N–H and O–H groups in total. The van der Waals surface area contributed by atoms with Crippen LogP contribution in [0.1, 0.15) is 348 Å². The fraction of sp³-hybridized carbons (Fsp3) is 0.768. The molecule has 7 atom stereocenters. The summed E-state index contributed by atoms with van der Waals surface area (Å²) in [5.74, 6) is -0.190. The topological polar surface area (TPSA) is 149 Å². The minimum Gasteiger partial charge on any atom is -0.394 e. The number of allylic oxidation sites excluding steroid dienone is 17. The van der Waals surface area contributed by atoms with Crippen LogP contribution in [0.15, 0.2) is 109 Å². The van der Waals surface area contributed by atoms with E-state index >= 15 is 0 Å². The number of unbranched alkanes of at least 4 members (excludes halogenated alkanes) is 41. The van der Waals surface area contributed by atoms with Crippen LogP contribution in [0.4, 0.5) is 0 Å². The van der Waals surface area contributed by atoms with E-state index in [1.807, 2.05) is 6.08 Å².